The number of halogens is 1. The smallest absolute Gasteiger partial charge is 0.246 e. The summed E-state index contributed by atoms with van der Waals surface area (Å²) < 4.78 is 15.6. The first-order chi connectivity index (χ1) is 13.6. The largest absolute Gasteiger partial charge is 0.353 e. The monoisotopic (exact) mass is 378 g/mol. The van der Waals surface area contributed by atoms with Crippen LogP contribution in [-0.2, 0) is 11.3 Å². The number of carbonyl (C=O) groups excluding carboxylic acids is 1. The highest BCUT2D eigenvalue weighted by atomic mass is 19.1. The molecule has 1 aliphatic rings. The third kappa shape index (κ3) is 3.26. The molecule has 2 aromatic carbocycles. The molecule has 0 unspecified atom stereocenters. The maximum absolute atomic E-state index is 13.6. The Hall–Kier alpha value is -3.15. The second-order valence-corrected chi connectivity index (χ2v) is 6.90. The highest BCUT2D eigenvalue weighted by Crippen LogP contribution is 2.31. The molecule has 5 nitrogen and oxygen atoms in total. The van der Waals surface area contributed by atoms with Crippen LogP contribution in [0, 0.1) is 5.82 Å². The fraction of sp³-hybridized carbons (Fsp3) is 0.273. The summed E-state index contributed by atoms with van der Waals surface area (Å²) in [6.07, 6.45) is 1.37. The minimum atomic E-state index is -0.246. The first kappa shape index (κ1) is 18.2. The number of rotatable bonds is 4. The summed E-state index contributed by atoms with van der Waals surface area (Å²) in [7, 11) is 0. The van der Waals surface area contributed by atoms with Gasteiger partial charge in [-0.1, -0.05) is 24.8 Å². The van der Waals surface area contributed by atoms with E-state index in [9.17, 15) is 9.18 Å². The Morgan fingerprint density at radius 2 is 1.89 bits per heavy atom. The number of hydrogen-bond donors (Lipinski definition) is 0. The van der Waals surface area contributed by atoms with Crippen LogP contribution in [0.15, 0.2) is 55.1 Å². The second kappa shape index (κ2) is 7.46. The zero-order valence-electron chi connectivity index (χ0n) is 15.9. The zero-order valence-corrected chi connectivity index (χ0v) is 15.9. The number of carbonyl (C=O) groups is 1. The summed E-state index contributed by atoms with van der Waals surface area (Å²) in [4.78, 5) is 15.9. The molecule has 1 amide bonds. The summed E-state index contributed by atoms with van der Waals surface area (Å²) >= 11 is 0. The van der Waals surface area contributed by atoms with Gasteiger partial charge in [0.2, 0.25) is 5.91 Å². The van der Waals surface area contributed by atoms with E-state index in [1.165, 1.54) is 18.2 Å². The maximum atomic E-state index is 13.6. The molecule has 28 heavy (non-hydrogen) atoms. The molecular formula is C22H23FN4O. The standard InChI is InChI=1S/C22H23FN4O/c1-3-21(28)25-10-12-26(13-11-25)22-19-9-8-17(15-20(19)24-27(22)4-2)16-6-5-7-18(23)14-16/h3,5-9,14-15H,1,4,10-13H2,2H3. The van der Waals surface area contributed by atoms with Gasteiger partial charge in [0.05, 0.1) is 5.52 Å². The summed E-state index contributed by atoms with van der Waals surface area (Å²) in [5.74, 6) is 0.812. The first-order valence-corrected chi connectivity index (χ1v) is 9.53. The molecule has 3 aromatic rings. The minimum Gasteiger partial charge on any atom is -0.353 e. The lowest BCUT2D eigenvalue weighted by molar-refractivity contribution is -0.126. The molecule has 1 aliphatic heterocycles. The van der Waals surface area contributed by atoms with E-state index in [1.54, 1.807) is 6.07 Å². The Morgan fingerprint density at radius 1 is 1.14 bits per heavy atom. The third-order valence-corrected chi connectivity index (χ3v) is 5.23. The van der Waals surface area contributed by atoms with Gasteiger partial charge < -0.3 is 9.80 Å². The van der Waals surface area contributed by atoms with E-state index < -0.39 is 0 Å². The molecule has 0 N–H and O–H groups in total. The van der Waals surface area contributed by atoms with Crippen molar-refractivity contribution in [3.8, 4) is 11.1 Å². The Kier molecular flexibility index (Phi) is 4.86. The number of nitrogens with zero attached hydrogens (tertiary/aromatic N) is 4. The molecule has 2 heterocycles. The van der Waals surface area contributed by atoms with Crippen molar-refractivity contribution < 1.29 is 9.18 Å². The molecule has 0 radical (unpaired) electrons. The van der Waals surface area contributed by atoms with Gasteiger partial charge in [-0.15, -0.1) is 0 Å². The molecule has 0 aliphatic carbocycles. The molecule has 0 saturated carbocycles. The summed E-state index contributed by atoms with van der Waals surface area (Å²) in [6, 6.07) is 12.7. The van der Waals surface area contributed by atoms with Crippen molar-refractivity contribution in [3.63, 3.8) is 0 Å². The van der Waals surface area contributed by atoms with Crippen molar-refractivity contribution in [3.05, 3.63) is 60.9 Å². The van der Waals surface area contributed by atoms with Crippen molar-refractivity contribution in [2.45, 2.75) is 13.5 Å². The molecule has 0 spiro atoms. The highest BCUT2D eigenvalue weighted by molar-refractivity contribution is 5.94. The number of fused-ring (bicyclic) bond motifs is 1. The molecule has 0 atom stereocenters. The van der Waals surface area contributed by atoms with Crippen molar-refractivity contribution in [1.29, 1.82) is 0 Å². The van der Waals surface area contributed by atoms with Gasteiger partial charge in [0.15, 0.2) is 0 Å². The van der Waals surface area contributed by atoms with Gasteiger partial charge in [-0.2, -0.15) is 5.10 Å². The number of aromatic nitrogens is 2. The molecule has 1 aromatic heterocycles. The Bertz CT molecular complexity index is 1030. The predicted octanol–water partition coefficient (Wildman–Crippen LogP) is 3.70. The van der Waals surface area contributed by atoms with E-state index in [2.05, 4.69) is 24.5 Å². The van der Waals surface area contributed by atoms with Crippen molar-refractivity contribution in [2.24, 2.45) is 0 Å². The molecule has 144 valence electrons. The van der Waals surface area contributed by atoms with Crippen molar-refractivity contribution in [1.82, 2.24) is 14.7 Å². The molecule has 1 saturated heterocycles. The van der Waals surface area contributed by atoms with E-state index in [-0.39, 0.29) is 11.7 Å². The van der Waals surface area contributed by atoms with Crippen molar-refractivity contribution in [2.75, 3.05) is 31.1 Å². The average molecular weight is 378 g/mol. The number of hydrogen-bond acceptors (Lipinski definition) is 3. The highest BCUT2D eigenvalue weighted by Gasteiger charge is 2.24. The van der Waals surface area contributed by atoms with Crippen molar-refractivity contribution >= 4 is 22.6 Å². The minimum absolute atomic E-state index is 0.0201. The summed E-state index contributed by atoms with van der Waals surface area (Å²) in [5, 5.41) is 5.84. The Morgan fingerprint density at radius 3 is 2.57 bits per heavy atom. The van der Waals surface area contributed by atoms with Crippen LogP contribution in [-0.4, -0.2) is 46.8 Å². The lowest BCUT2D eigenvalue weighted by Crippen LogP contribution is -2.48. The third-order valence-electron chi connectivity index (χ3n) is 5.23. The van der Waals surface area contributed by atoms with Gasteiger partial charge in [0.1, 0.15) is 11.6 Å². The van der Waals surface area contributed by atoms with Crippen LogP contribution >= 0.6 is 0 Å². The van der Waals surface area contributed by atoms with Crippen LogP contribution in [0.2, 0.25) is 0 Å². The number of anilines is 1. The molecular weight excluding hydrogens is 355 g/mol. The van der Waals surface area contributed by atoms with Gasteiger partial charge in [-0.25, -0.2) is 9.07 Å². The number of benzene rings is 2. The Balaban J connectivity index is 1.67. The molecule has 6 heteroatoms. The van der Waals surface area contributed by atoms with E-state index in [0.29, 0.717) is 13.1 Å². The van der Waals surface area contributed by atoms with E-state index in [1.807, 2.05) is 27.8 Å². The van der Waals surface area contributed by atoms with Crippen LogP contribution in [0.3, 0.4) is 0 Å². The quantitative estimate of drug-likeness (QED) is 0.650. The molecule has 1 fully saturated rings. The Labute approximate surface area is 163 Å². The molecule has 4 rings (SSSR count). The topological polar surface area (TPSA) is 41.4 Å². The van der Waals surface area contributed by atoms with Crippen LogP contribution < -0.4 is 4.90 Å². The number of aryl methyl sites for hydroxylation is 1. The first-order valence-electron chi connectivity index (χ1n) is 9.53. The van der Waals surface area contributed by atoms with Crippen LogP contribution in [0.25, 0.3) is 22.0 Å². The average Bonchev–Trinajstić information content (AvgIpc) is 3.11. The van der Waals surface area contributed by atoms with Gasteiger partial charge >= 0.3 is 0 Å². The van der Waals surface area contributed by atoms with Crippen LogP contribution in [0.1, 0.15) is 6.92 Å². The number of amides is 1. The normalized spacial score (nSPS) is 14.5. The summed E-state index contributed by atoms with van der Waals surface area (Å²) in [5.41, 5.74) is 2.68. The lowest BCUT2D eigenvalue weighted by atomic mass is 10.0. The van der Waals surface area contributed by atoms with Crippen LogP contribution in [0.5, 0.6) is 0 Å². The maximum Gasteiger partial charge on any atom is 0.246 e. The van der Waals surface area contributed by atoms with Gasteiger partial charge in [-0.3, -0.25) is 4.79 Å². The van der Waals surface area contributed by atoms with E-state index in [0.717, 1.165) is 47.5 Å². The summed E-state index contributed by atoms with van der Waals surface area (Å²) in [6.45, 7) is 9.24. The van der Waals surface area contributed by atoms with Gasteiger partial charge in [0.25, 0.3) is 0 Å². The molecule has 0 bridgehead atoms. The number of piperazine rings is 1. The lowest BCUT2D eigenvalue weighted by Gasteiger charge is -2.35. The zero-order chi connectivity index (χ0) is 19.7. The SMILES string of the molecule is C=CC(=O)N1CCN(c2c3ccc(-c4cccc(F)c4)cc3nn2CC)CC1. The fourth-order valence-electron chi connectivity index (χ4n) is 3.79. The van der Waals surface area contributed by atoms with Gasteiger partial charge in [0, 0.05) is 38.1 Å². The predicted molar refractivity (Wildman–Crippen MR) is 110 cm³/mol. The van der Waals surface area contributed by atoms with E-state index >= 15 is 0 Å². The van der Waals surface area contributed by atoms with Crippen LogP contribution in [0.4, 0.5) is 10.2 Å². The van der Waals surface area contributed by atoms with E-state index in [4.69, 9.17) is 5.10 Å². The fourth-order valence-corrected chi connectivity index (χ4v) is 3.79. The van der Waals surface area contributed by atoms with Gasteiger partial charge in [-0.05, 0) is 48.4 Å². The second-order valence-electron chi connectivity index (χ2n) is 6.90.